The highest BCUT2D eigenvalue weighted by Gasteiger charge is 2.21. The van der Waals surface area contributed by atoms with Crippen molar-refractivity contribution < 1.29 is 9.53 Å². The number of thioether (sulfide) groups is 1. The van der Waals surface area contributed by atoms with Crippen molar-refractivity contribution in [3.63, 3.8) is 0 Å². The van der Waals surface area contributed by atoms with Gasteiger partial charge < -0.3 is 14.6 Å². The first-order valence-corrected chi connectivity index (χ1v) is 11.3. The predicted octanol–water partition coefficient (Wildman–Crippen LogP) is 5.08. The minimum Gasteiger partial charge on any atom is -0.376 e. The van der Waals surface area contributed by atoms with E-state index in [1.807, 2.05) is 56.4 Å². The van der Waals surface area contributed by atoms with Gasteiger partial charge in [0.2, 0.25) is 5.91 Å². The summed E-state index contributed by atoms with van der Waals surface area (Å²) in [6.45, 7) is 5.60. The lowest BCUT2D eigenvalue weighted by Gasteiger charge is -2.16. The first kappa shape index (κ1) is 20.7. The molecule has 0 radical (unpaired) electrons. The van der Waals surface area contributed by atoms with Crippen LogP contribution >= 0.6 is 11.8 Å². The number of hydrogen-bond donors (Lipinski definition) is 1. The molecule has 0 spiro atoms. The second-order valence-electron chi connectivity index (χ2n) is 7.69. The zero-order chi connectivity index (χ0) is 20.9. The largest absolute Gasteiger partial charge is 0.376 e. The molecule has 156 valence electrons. The number of aromatic nitrogens is 2. The zero-order valence-corrected chi connectivity index (χ0v) is 18.2. The van der Waals surface area contributed by atoms with Crippen molar-refractivity contribution in [2.24, 2.45) is 0 Å². The van der Waals surface area contributed by atoms with Crippen molar-refractivity contribution in [3.8, 4) is 11.3 Å². The van der Waals surface area contributed by atoms with Gasteiger partial charge in [0.05, 0.1) is 30.3 Å². The molecule has 1 amide bonds. The average Bonchev–Trinajstić information content (AvgIpc) is 3.40. The van der Waals surface area contributed by atoms with Gasteiger partial charge in [0.1, 0.15) is 0 Å². The zero-order valence-electron chi connectivity index (χ0n) is 17.4. The first-order chi connectivity index (χ1) is 14.6. The Labute approximate surface area is 181 Å². The molecule has 3 aromatic rings. The van der Waals surface area contributed by atoms with Crippen LogP contribution in [-0.4, -0.2) is 33.9 Å². The van der Waals surface area contributed by atoms with Gasteiger partial charge in [-0.25, -0.2) is 4.98 Å². The van der Waals surface area contributed by atoms with Crippen molar-refractivity contribution in [2.75, 3.05) is 17.7 Å². The number of carbonyl (C=O) groups excluding carboxylic acids is 1. The van der Waals surface area contributed by atoms with E-state index in [2.05, 4.69) is 27.0 Å². The monoisotopic (exact) mass is 421 g/mol. The molecule has 6 heteroatoms. The Morgan fingerprint density at radius 2 is 2.07 bits per heavy atom. The summed E-state index contributed by atoms with van der Waals surface area (Å²) in [6.07, 6.45) is 4.25. The van der Waals surface area contributed by atoms with E-state index >= 15 is 0 Å². The summed E-state index contributed by atoms with van der Waals surface area (Å²) >= 11 is 1.47. The fourth-order valence-electron chi connectivity index (χ4n) is 3.67. The smallest absolute Gasteiger partial charge is 0.234 e. The summed E-state index contributed by atoms with van der Waals surface area (Å²) < 4.78 is 8.06. The van der Waals surface area contributed by atoms with Crippen LogP contribution in [0.2, 0.25) is 0 Å². The van der Waals surface area contributed by atoms with Crippen molar-refractivity contribution in [3.05, 3.63) is 65.9 Å². The summed E-state index contributed by atoms with van der Waals surface area (Å²) in [7, 11) is 0. The van der Waals surface area contributed by atoms with E-state index in [0.717, 1.165) is 59.2 Å². The topological polar surface area (TPSA) is 56.2 Å². The molecule has 1 aliphatic heterocycles. The number of anilines is 1. The lowest BCUT2D eigenvalue weighted by Crippen LogP contribution is -2.18. The number of aryl methyl sites for hydroxylation is 2. The Morgan fingerprint density at radius 1 is 1.23 bits per heavy atom. The number of carbonyl (C=O) groups is 1. The van der Waals surface area contributed by atoms with Crippen molar-refractivity contribution in [1.29, 1.82) is 0 Å². The minimum absolute atomic E-state index is 0.0263. The van der Waals surface area contributed by atoms with E-state index < -0.39 is 0 Å². The highest BCUT2D eigenvalue weighted by Crippen LogP contribution is 2.28. The molecule has 1 aromatic heterocycles. The molecule has 30 heavy (non-hydrogen) atoms. The van der Waals surface area contributed by atoms with Gasteiger partial charge in [-0.3, -0.25) is 4.79 Å². The Bertz CT molecular complexity index is 1010. The van der Waals surface area contributed by atoms with Gasteiger partial charge in [0, 0.05) is 12.3 Å². The second-order valence-corrected chi connectivity index (χ2v) is 8.64. The van der Waals surface area contributed by atoms with Crippen LogP contribution in [0.4, 0.5) is 5.69 Å². The molecule has 1 saturated heterocycles. The predicted molar refractivity (Wildman–Crippen MR) is 122 cm³/mol. The molecule has 4 rings (SSSR count). The van der Waals surface area contributed by atoms with Crippen molar-refractivity contribution in [2.45, 2.75) is 44.5 Å². The number of imidazole rings is 1. The molecule has 0 saturated carbocycles. The molecule has 5 nitrogen and oxygen atoms in total. The summed E-state index contributed by atoms with van der Waals surface area (Å²) in [5.41, 5.74) is 5.24. The summed E-state index contributed by atoms with van der Waals surface area (Å²) in [5.74, 6) is 0.283. The lowest BCUT2D eigenvalue weighted by atomic mass is 10.1. The number of nitrogens with zero attached hydrogens (tertiary/aromatic N) is 2. The maximum Gasteiger partial charge on any atom is 0.234 e. The first-order valence-electron chi connectivity index (χ1n) is 10.3. The highest BCUT2D eigenvalue weighted by atomic mass is 32.2. The van der Waals surface area contributed by atoms with E-state index in [1.54, 1.807) is 0 Å². The van der Waals surface area contributed by atoms with Crippen LogP contribution in [0.15, 0.2) is 59.9 Å². The van der Waals surface area contributed by atoms with E-state index in [0.29, 0.717) is 5.75 Å². The third-order valence-corrected chi connectivity index (χ3v) is 6.29. The summed E-state index contributed by atoms with van der Waals surface area (Å²) in [6, 6.07) is 16.3. The number of amides is 1. The Balaban J connectivity index is 1.49. The van der Waals surface area contributed by atoms with Crippen molar-refractivity contribution >= 4 is 23.4 Å². The fourth-order valence-corrected chi connectivity index (χ4v) is 4.46. The quantitative estimate of drug-likeness (QED) is 0.541. The normalized spacial score (nSPS) is 16.0. The Kier molecular flexibility index (Phi) is 6.55. The molecule has 1 unspecified atom stereocenters. The van der Waals surface area contributed by atoms with Gasteiger partial charge in [0.15, 0.2) is 5.16 Å². The van der Waals surface area contributed by atoms with Crippen LogP contribution in [-0.2, 0) is 16.1 Å². The number of benzene rings is 2. The molecule has 0 bridgehead atoms. The molecule has 0 aliphatic carbocycles. The number of ether oxygens (including phenoxy) is 1. The van der Waals surface area contributed by atoms with Gasteiger partial charge in [-0.15, -0.1) is 0 Å². The third kappa shape index (κ3) is 4.94. The summed E-state index contributed by atoms with van der Waals surface area (Å²) in [5, 5.41) is 3.88. The highest BCUT2D eigenvalue weighted by molar-refractivity contribution is 7.99. The molecule has 1 fully saturated rings. The van der Waals surface area contributed by atoms with Gasteiger partial charge >= 0.3 is 0 Å². The second kappa shape index (κ2) is 9.49. The van der Waals surface area contributed by atoms with Gasteiger partial charge in [-0.2, -0.15) is 0 Å². The number of rotatable bonds is 7. The van der Waals surface area contributed by atoms with Crippen LogP contribution in [0.25, 0.3) is 11.3 Å². The molecule has 2 heterocycles. The van der Waals surface area contributed by atoms with E-state index in [4.69, 9.17) is 4.74 Å². The molecule has 1 atom stereocenters. The van der Waals surface area contributed by atoms with Crippen LogP contribution < -0.4 is 5.32 Å². The standard InChI is InChI=1S/C24H27N3O2S/c1-17-10-11-18(2)21(13-17)26-23(28)16-30-24-25-14-22(19-7-4-3-5-8-19)27(24)15-20-9-6-12-29-20/h3-5,7-8,10-11,13-14,20H,6,9,12,15-16H2,1-2H3,(H,26,28). The maximum absolute atomic E-state index is 12.6. The third-order valence-electron chi connectivity index (χ3n) is 5.30. The fraction of sp³-hybridized carbons (Fsp3) is 0.333. The molecule has 1 aliphatic rings. The van der Waals surface area contributed by atoms with Crippen LogP contribution in [0.1, 0.15) is 24.0 Å². The summed E-state index contributed by atoms with van der Waals surface area (Å²) in [4.78, 5) is 17.2. The minimum atomic E-state index is -0.0263. The van der Waals surface area contributed by atoms with Crippen LogP contribution in [0.3, 0.4) is 0 Å². The number of hydrogen-bond acceptors (Lipinski definition) is 4. The van der Waals surface area contributed by atoms with Gasteiger partial charge in [0.25, 0.3) is 0 Å². The van der Waals surface area contributed by atoms with Gasteiger partial charge in [-0.1, -0.05) is 54.2 Å². The van der Waals surface area contributed by atoms with Gasteiger partial charge in [-0.05, 0) is 49.4 Å². The molecule has 2 aromatic carbocycles. The lowest BCUT2D eigenvalue weighted by molar-refractivity contribution is -0.113. The van der Waals surface area contributed by atoms with Crippen LogP contribution in [0.5, 0.6) is 0 Å². The van der Waals surface area contributed by atoms with E-state index in [9.17, 15) is 4.79 Å². The Morgan fingerprint density at radius 3 is 2.83 bits per heavy atom. The van der Waals surface area contributed by atoms with Crippen LogP contribution in [0, 0.1) is 13.8 Å². The maximum atomic E-state index is 12.6. The average molecular weight is 422 g/mol. The van der Waals surface area contributed by atoms with E-state index in [-0.39, 0.29) is 12.0 Å². The van der Waals surface area contributed by atoms with Crippen molar-refractivity contribution in [1.82, 2.24) is 9.55 Å². The Hall–Kier alpha value is -2.57. The molecular formula is C24H27N3O2S. The molecule has 1 N–H and O–H groups in total. The SMILES string of the molecule is Cc1ccc(C)c(NC(=O)CSc2ncc(-c3ccccc3)n2CC2CCCO2)c1. The number of nitrogens with one attached hydrogen (secondary N) is 1. The molecular weight excluding hydrogens is 394 g/mol. The van der Waals surface area contributed by atoms with E-state index in [1.165, 1.54) is 11.8 Å².